The summed E-state index contributed by atoms with van der Waals surface area (Å²) in [7, 11) is 0. The second kappa shape index (κ2) is 10.3. The van der Waals surface area contributed by atoms with E-state index in [-0.39, 0.29) is 17.9 Å². The summed E-state index contributed by atoms with van der Waals surface area (Å²) >= 11 is 0. The predicted octanol–water partition coefficient (Wildman–Crippen LogP) is 3.85. The maximum atomic E-state index is 12.3. The molecule has 4 heteroatoms. The van der Waals surface area contributed by atoms with E-state index in [2.05, 4.69) is 31.4 Å². The van der Waals surface area contributed by atoms with Gasteiger partial charge in [0.15, 0.2) is 0 Å². The Morgan fingerprint density at radius 2 is 1.46 bits per heavy atom. The standard InChI is InChI=1S/C22H34N2O2/c1-16(2)9-7-10-17(3)11-8-14-19-21(25)24-20(22(26)23-19)15-18-12-5-4-6-13-18/h4-6,12-13,16-17,19-20H,7-11,14-15H2,1-3H3,(H,23,26)(H,24,25)/t17?,19-,20-/m0/s1. The number of rotatable bonds is 10. The molecule has 0 spiro atoms. The van der Waals surface area contributed by atoms with E-state index in [0.29, 0.717) is 12.3 Å². The van der Waals surface area contributed by atoms with Crippen LogP contribution in [-0.4, -0.2) is 23.9 Å². The van der Waals surface area contributed by atoms with Gasteiger partial charge in [0.1, 0.15) is 12.1 Å². The fourth-order valence-electron chi connectivity index (χ4n) is 3.56. The summed E-state index contributed by atoms with van der Waals surface area (Å²) in [4.78, 5) is 24.7. The van der Waals surface area contributed by atoms with Crippen molar-refractivity contribution in [1.82, 2.24) is 10.6 Å². The quantitative estimate of drug-likeness (QED) is 0.667. The van der Waals surface area contributed by atoms with Crippen LogP contribution in [0.25, 0.3) is 0 Å². The minimum atomic E-state index is -0.462. The molecule has 2 N–H and O–H groups in total. The van der Waals surface area contributed by atoms with Crippen molar-refractivity contribution >= 4 is 11.8 Å². The van der Waals surface area contributed by atoms with E-state index in [1.54, 1.807) is 0 Å². The van der Waals surface area contributed by atoms with Crippen molar-refractivity contribution in [1.29, 1.82) is 0 Å². The Labute approximate surface area is 158 Å². The molecule has 1 aromatic rings. The average molecular weight is 359 g/mol. The van der Waals surface area contributed by atoms with Crippen LogP contribution >= 0.6 is 0 Å². The Morgan fingerprint density at radius 1 is 0.846 bits per heavy atom. The summed E-state index contributed by atoms with van der Waals surface area (Å²) in [6.07, 6.45) is 7.17. The Morgan fingerprint density at radius 3 is 2.15 bits per heavy atom. The molecular weight excluding hydrogens is 324 g/mol. The van der Waals surface area contributed by atoms with E-state index >= 15 is 0 Å². The van der Waals surface area contributed by atoms with Gasteiger partial charge in [0.05, 0.1) is 0 Å². The molecule has 1 saturated heterocycles. The first kappa shape index (κ1) is 20.5. The highest BCUT2D eigenvalue weighted by molar-refractivity contribution is 5.97. The lowest BCUT2D eigenvalue weighted by Gasteiger charge is -2.30. The van der Waals surface area contributed by atoms with Crippen LogP contribution in [0.1, 0.15) is 64.9 Å². The van der Waals surface area contributed by atoms with Crippen molar-refractivity contribution in [3.63, 3.8) is 0 Å². The summed E-state index contributed by atoms with van der Waals surface area (Å²) < 4.78 is 0. The van der Waals surface area contributed by atoms with Crippen molar-refractivity contribution in [2.45, 2.75) is 77.8 Å². The Balaban J connectivity index is 1.70. The molecular formula is C22H34N2O2. The van der Waals surface area contributed by atoms with E-state index in [1.165, 1.54) is 19.3 Å². The highest BCUT2D eigenvalue weighted by Crippen LogP contribution is 2.19. The molecule has 2 rings (SSSR count). The Bertz CT molecular complexity index is 571. The van der Waals surface area contributed by atoms with Crippen molar-refractivity contribution in [3.8, 4) is 0 Å². The average Bonchev–Trinajstić information content (AvgIpc) is 2.59. The van der Waals surface area contributed by atoms with Crippen LogP contribution in [0.15, 0.2) is 30.3 Å². The first-order chi connectivity index (χ1) is 12.5. The second-order valence-electron chi connectivity index (χ2n) is 8.17. The minimum absolute atomic E-state index is 0.0435. The lowest BCUT2D eigenvalue weighted by molar-refractivity contribution is -0.136. The third-order valence-corrected chi connectivity index (χ3v) is 5.22. The highest BCUT2D eigenvalue weighted by Gasteiger charge is 2.33. The molecule has 1 aliphatic heterocycles. The first-order valence-electron chi connectivity index (χ1n) is 10.1. The summed E-state index contributed by atoms with van der Waals surface area (Å²) in [6, 6.07) is 8.96. The summed E-state index contributed by atoms with van der Waals surface area (Å²) in [5.41, 5.74) is 1.06. The number of piperazine rings is 1. The second-order valence-corrected chi connectivity index (χ2v) is 8.17. The van der Waals surface area contributed by atoms with Crippen LogP contribution in [-0.2, 0) is 16.0 Å². The van der Waals surface area contributed by atoms with Crippen molar-refractivity contribution in [2.24, 2.45) is 11.8 Å². The summed E-state index contributed by atoms with van der Waals surface area (Å²) in [5, 5.41) is 5.82. The maximum absolute atomic E-state index is 12.3. The van der Waals surface area contributed by atoms with Gasteiger partial charge in [-0.05, 0) is 23.8 Å². The SMILES string of the molecule is CC(C)CCCC(C)CCC[C@@H]1NC(=O)[C@H](Cc2ccccc2)NC1=O. The highest BCUT2D eigenvalue weighted by atomic mass is 16.2. The number of amides is 2. The number of hydrogen-bond acceptors (Lipinski definition) is 2. The fraction of sp³-hybridized carbons (Fsp3) is 0.636. The molecule has 0 aromatic heterocycles. The number of benzene rings is 1. The molecule has 3 atom stereocenters. The summed E-state index contributed by atoms with van der Waals surface area (Å²) in [5.74, 6) is 1.34. The molecule has 0 aliphatic carbocycles. The van der Waals surface area contributed by atoms with Gasteiger partial charge in [-0.2, -0.15) is 0 Å². The van der Waals surface area contributed by atoms with Gasteiger partial charge in [-0.3, -0.25) is 9.59 Å². The van der Waals surface area contributed by atoms with Gasteiger partial charge in [0.25, 0.3) is 0 Å². The van der Waals surface area contributed by atoms with Gasteiger partial charge in [-0.1, -0.05) is 83.2 Å². The van der Waals surface area contributed by atoms with Gasteiger partial charge in [-0.15, -0.1) is 0 Å². The van der Waals surface area contributed by atoms with Crippen LogP contribution in [0.4, 0.5) is 0 Å². The largest absolute Gasteiger partial charge is 0.343 e. The van der Waals surface area contributed by atoms with Crippen molar-refractivity contribution < 1.29 is 9.59 Å². The van der Waals surface area contributed by atoms with Crippen LogP contribution in [0.2, 0.25) is 0 Å². The first-order valence-corrected chi connectivity index (χ1v) is 10.1. The molecule has 0 saturated carbocycles. The van der Waals surface area contributed by atoms with E-state index in [0.717, 1.165) is 30.7 Å². The van der Waals surface area contributed by atoms with E-state index in [4.69, 9.17) is 0 Å². The molecule has 0 radical (unpaired) electrons. The molecule has 1 aliphatic rings. The maximum Gasteiger partial charge on any atom is 0.243 e. The van der Waals surface area contributed by atoms with Crippen LogP contribution in [0.3, 0.4) is 0 Å². The zero-order valence-electron chi connectivity index (χ0n) is 16.5. The number of hydrogen-bond donors (Lipinski definition) is 2. The topological polar surface area (TPSA) is 58.2 Å². The van der Waals surface area contributed by atoms with Crippen molar-refractivity contribution in [2.75, 3.05) is 0 Å². The van der Waals surface area contributed by atoms with E-state index in [1.807, 2.05) is 30.3 Å². The van der Waals surface area contributed by atoms with E-state index in [9.17, 15) is 9.59 Å². The van der Waals surface area contributed by atoms with Gasteiger partial charge in [0, 0.05) is 6.42 Å². The van der Waals surface area contributed by atoms with Gasteiger partial charge >= 0.3 is 0 Å². The molecule has 26 heavy (non-hydrogen) atoms. The van der Waals surface area contributed by atoms with Gasteiger partial charge in [-0.25, -0.2) is 0 Å². The molecule has 1 heterocycles. The fourth-order valence-corrected chi connectivity index (χ4v) is 3.56. The van der Waals surface area contributed by atoms with Crippen LogP contribution in [0, 0.1) is 11.8 Å². The lowest BCUT2D eigenvalue weighted by atomic mass is 9.93. The zero-order valence-corrected chi connectivity index (χ0v) is 16.5. The molecule has 1 unspecified atom stereocenters. The smallest absolute Gasteiger partial charge is 0.243 e. The third-order valence-electron chi connectivity index (χ3n) is 5.22. The van der Waals surface area contributed by atoms with Crippen molar-refractivity contribution in [3.05, 3.63) is 35.9 Å². The Hall–Kier alpha value is -1.84. The molecule has 2 amide bonds. The minimum Gasteiger partial charge on any atom is -0.343 e. The molecule has 1 fully saturated rings. The predicted molar refractivity (Wildman–Crippen MR) is 106 cm³/mol. The van der Waals surface area contributed by atoms with E-state index < -0.39 is 6.04 Å². The molecule has 4 nitrogen and oxygen atoms in total. The normalized spacial score (nSPS) is 21.4. The zero-order chi connectivity index (χ0) is 18.9. The molecule has 1 aromatic carbocycles. The van der Waals surface area contributed by atoms with Crippen LogP contribution < -0.4 is 10.6 Å². The Kier molecular flexibility index (Phi) is 8.14. The number of nitrogens with one attached hydrogen (secondary N) is 2. The van der Waals surface area contributed by atoms with Crippen LogP contribution in [0.5, 0.6) is 0 Å². The third kappa shape index (κ3) is 6.81. The van der Waals surface area contributed by atoms with Gasteiger partial charge in [0.2, 0.25) is 11.8 Å². The lowest BCUT2D eigenvalue weighted by Crippen LogP contribution is -2.62. The monoisotopic (exact) mass is 358 g/mol. The molecule has 144 valence electrons. The van der Waals surface area contributed by atoms with Gasteiger partial charge < -0.3 is 10.6 Å². The number of carbonyl (C=O) groups excluding carboxylic acids is 2. The number of carbonyl (C=O) groups is 2. The summed E-state index contributed by atoms with van der Waals surface area (Å²) in [6.45, 7) is 6.82. The molecule has 0 bridgehead atoms.